The average Bonchev–Trinajstić information content (AvgIpc) is 3.36. The number of rotatable bonds is 5. The van der Waals surface area contributed by atoms with Crippen LogP contribution in [-0.4, -0.2) is 37.3 Å². The van der Waals surface area contributed by atoms with E-state index in [1.165, 1.54) is 24.0 Å². The summed E-state index contributed by atoms with van der Waals surface area (Å²) in [5.41, 5.74) is 4.78. The second-order valence-electron chi connectivity index (χ2n) is 8.72. The molecule has 1 atom stereocenters. The first-order valence-corrected chi connectivity index (χ1v) is 13.1. The van der Waals surface area contributed by atoms with Crippen molar-refractivity contribution < 1.29 is 14.0 Å². The molecule has 3 heterocycles. The summed E-state index contributed by atoms with van der Waals surface area (Å²) in [6.45, 7) is 11.0. The van der Waals surface area contributed by atoms with E-state index in [0.29, 0.717) is 4.88 Å². The van der Waals surface area contributed by atoms with Gasteiger partial charge >= 0.3 is 5.97 Å². The molecule has 6 nitrogen and oxygen atoms in total. The highest BCUT2D eigenvalue weighted by atomic mass is 32.1. The molecule has 4 aromatic rings. The monoisotopic (exact) mass is 440 g/mol. The highest BCUT2D eigenvalue weighted by Gasteiger charge is 2.28. The minimum absolute atomic E-state index is 0.00433. The topological polar surface area (TPSA) is 80.0 Å². The fourth-order valence-corrected chi connectivity index (χ4v) is 5.61. The molecule has 4 rings (SSSR count). The van der Waals surface area contributed by atoms with Gasteiger partial charge in [-0.1, -0.05) is 26.8 Å². The number of nitrogens with zero attached hydrogens (tertiary/aromatic N) is 1. The lowest BCUT2D eigenvalue weighted by Gasteiger charge is -2.32. The smallest absolute Gasteiger partial charge is 0.348 e. The van der Waals surface area contributed by atoms with Crippen molar-refractivity contribution in [2.24, 2.45) is 5.41 Å². The Morgan fingerprint density at radius 2 is 1.93 bits per heavy atom. The average molecular weight is 441 g/mol. The lowest BCUT2D eigenvalue weighted by Crippen LogP contribution is -2.25. The van der Waals surface area contributed by atoms with E-state index < -0.39 is 9.04 Å². The van der Waals surface area contributed by atoms with Crippen molar-refractivity contribution in [3.63, 3.8) is 0 Å². The van der Waals surface area contributed by atoms with Gasteiger partial charge in [-0.2, -0.15) is 5.10 Å². The van der Waals surface area contributed by atoms with E-state index in [0.717, 1.165) is 32.5 Å². The Morgan fingerprint density at radius 3 is 2.60 bits per heavy atom. The Morgan fingerprint density at radius 1 is 1.17 bits per heavy atom. The number of ether oxygens (including phenoxy) is 1. The third-order valence-corrected chi connectivity index (χ3v) is 6.79. The molecule has 0 bridgehead atoms. The number of aromatic nitrogens is 3. The molecule has 8 heteroatoms. The zero-order chi connectivity index (χ0) is 21.6. The van der Waals surface area contributed by atoms with E-state index in [2.05, 4.69) is 73.3 Å². The molecule has 157 valence electrons. The molecule has 0 aliphatic rings. The predicted octanol–water partition coefficient (Wildman–Crippen LogP) is 5.91. The number of thiophene rings is 1. The van der Waals surface area contributed by atoms with Gasteiger partial charge in [-0.3, -0.25) is 5.10 Å². The minimum Gasteiger partial charge on any atom is -0.465 e. The highest BCUT2D eigenvalue weighted by molar-refractivity contribution is 7.21. The number of H-pyrrole nitrogens is 2. The molecule has 0 amide bonds. The number of hydrogen-bond donors (Lipinski definition) is 2. The molecule has 0 spiro atoms. The van der Waals surface area contributed by atoms with E-state index in [1.807, 2.05) is 0 Å². The van der Waals surface area contributed by atoms with Crippen LogP contribution in [0.1, 0.15) is 42.1 Å². The lowest BCUT2D eigenvalue weighted by atomic mass is 9.84. The molecule has 3 aromatic heterocycles. The van der Waals surface area contributed by atoms with Gasteiger partial charge in [-0.05, 0) is 48.3 Å². The molecule has 1 unspecified atom stereocenters. The van der Waals surface area contributed by atoms with Gasteiger partial charge in [0.25, 0.3) is 0 Å². The molecule has 0 aliphatic heterocycles. The first kappa shape index (κ1) is 20.8. The van der Waals surface area contributed by atoms with Crippen LogP contribution >= 0.6 is 11.3 Å². The quantitative estimate of drug-likeness (QED) is 0.298. The van der Waals surface area contributed by atoms with Crippen LogP contribution in [0.15, 0.2) is 30.3 Å². The van der Waals surface area contributed by atoms with Crippen molar-refractivity contribution >= 4 is 47.5 Å². The van der Waals surface area contributed by atoms with Crippen LogP contribution in [0, 0.1) is 5.41 Å². The van der Waals surface area contributed by atoms with Crippen LogP contribution in [0.2, 0.25) is 13.1 Å². The van der Waals surface area contributed by atoms with Crippen molar-refractivity contribution in [3.8, 4) is 11.4 Å². The van der Waals surface area contributed by atoms with Gasteiger partial charge in [-0.15, -0.1) is 11.3 Å². The van der Waals surface area contributed by atoms with Crippen LogP contribution in [0.5, 0.6) is 0 Å². The normalized spacial score (nSPS) is 13.4. The molecular weight excluding hydrogens is 414 g/mol. The largest absolute Gasteiger partial charge is 0.465 e. The number of hydrogen-bond acceptors (Lipinski definition) is 5. The number of aromatic amines is 2. The van der Waals surface area contributed by atoms with E-state index in [4.69, 9.17) is 9.16 Å². The summed E-state index contributed by atoms with van der Waals surface area (Å²) in [5, 5.41) is 8.60. The SMILES string of the molecule is COC(=O)c1cc2[nH]nc(-c3cc4cc(C(O[Si](C)C)C(C)(C)C)ccc4[nH]3)c2s1. The molecule has 30 heavy (non-hydrogen) atoms. The second-order valence-corrected chi connectivity index (χ2v) is 11.8. The van der Waals surface area contributed by atoms with Crippen molar-refractivity contribution in [3.05, 3.63) is 40.8 Å². The standard InChI is InChI=1S/C22H26N3O3SSi/c1-22(2,3)20(28-30(5)6)12-7-8-14-13(9-12)10-15(23-14)18-19-16(24-25-18)11-17(29-19)21(26)27-4/h7-11,20,23H,1-6H3,(H,24,25). The maximum Gasteiger partial charge on any atom is 0.348 e. The second kappa shape index (κ2) is 7.68. The Balaban J connectivity index is 1.75. The van der Waals surface area contributed by atoms with Crippen LogP contribution in [0.3, 0.4) is 0 Å². The van der Waals surface area contributed by atoms with Gasteiger partial charge in [0.05, 0.1) is 29.1 Å². The number of methoxy groups -OCH3 is 1. The van der Waals surface area contributed by atoms with Crippen LogP contribution in [0.4, 0.5) is 0 Å². The Bertz CT molecular complexity index is 1220. The van der Waals surface area contributed by atoms with Gasteiger partial charge in [0.15, 0.2) is 0 Å². The van der Waals surface area contributed by atoms with Crippen molar-refractivity contribution in [1.29, 1.82) is 0 Å². The molecule has 0 saturated carbocycles. The summed E-state index contributed by atoms with van der Waals surface area (Å²) in [6.07, 6.45) is 0.0427. The van der Waals surface area contributed by atoms with Gasteiger partial charge in [0.2, 0.25) is 9.04 Å². The van der Waals surface area contributed by atoms with Crippen molar-refractivity contribution in [2.45, 2.75) is 40.0 Å². The molecule has 0 fully saturated rings. The predicted molar refractivity (Wildman–Crippen MR) is 123 cm³/mol. The third kappa shape index (κ3) is 3.82. The van der Waals surface area contributed by atoms with E-state index in [1.54, 1.807) is 6.07 Å². The first-order chi connectivity index (χ1) is 14.2. The first-order valence-electron chi connectivity index (χ1n) is 9.83. The fraction of sp³-hybridized carbons (Fsp3) is 0.364. The number of carbonyl (C=O) groups excluding carboxylic acids is 1. The molecule has 2 N–H and O–H groups in total. The lowest BCUT2D eigenvalue weighted by molar-refractivity contribution is 0.0606. The number of benzene rings is 1. The maximum atomic E-state index is 11.9. The van der Waals surface area contributed by atoms with Crippen LogP contribution in [0.25, 0.3) is 32.5 Å². The van der Waals surface area contributed by atoms with Crippen LogP contribution in [-0.2, 0) is 9.16 Å². The number of nitrogens with one attached hydrogen (secondary N) is 2. The molecule has 1 aromatic carbocycles. The summed E-state index contributed by atoms with van der Waals surface area (Å²) < 4.78 is 12.1. The number of carbonyl (C=O) groups is 1. The number of esters is 1. The number of fused-ring (bicyclic) bond motifs is 2. The minimum atomic E-state index is -0.835. The van der Waals surface area contributed by atoms with Crippen molar-refractivity contribution in [2.75, 3.05) is 7.11 Å². The van der Waals surface area contributed by atoms with E-state index in [-0.39, 0.29) is 17.5 Å². The maximum absolute atomic E-state index is 11.9. The molecule has 0 aliphatic carbocycles. The molecule has 0 saturated heterocycles. The molecule has 1 radical (unpaired) electrons. The van der Waals surface area contributed by atoms with Gasteiger partial charge in [-0.25, -0.2) is 4.79 Å². The third-order valence-electron chi connectivity index (χ3n) is 4.96. The Labute approximate surface area is 181 Å². The van der Waals surface area contributed by atoms with Gasteiger partial charge in [0, 0.05) is 10.9 Å². The Kier molecular flexibility index (Phi) is 5.33. The fourth-order valence-electron chi connectivity index (χ4n) is 3.62. The van der Waals surface area contributed by atoms with Crippen molar-refractivity contribution in [1.82, 2.24) is 15.2 Å². The summed E-state index contributed by atoms with van der Waals surface area (Å²) in [7, 11) is 0.555. The summed E-state index contributed by atoms with van der Waals surface area (Å²) in [4.78, 5) is 15.9. The summed E-state index contributed by atoms with van der Waals surface area (Å²) in [6, 6.07) is 10.3. The van der Waals surface area contributed by atoms with E-state index in [9.17, 15) is 4.79 Å². The van der Waals surface area contributed by atoms with Crippen LogP contribution < -0.4 is 0 Å². The van der Waals surface area contributed by atoms with E-state index >= 15 is 0 Å². The zero-order valence-corrected chi connectivity index (χ0v) is 19.9. The Hall–Kier alpha value is -2.42. The van der Waals surface area contributed by atoms with Gasteiger partial charge < -0.3 is 14.1 Å². The highest BCUT2D eigenvalue weighted by Crippen LogP contribution is 2.39. The summed E-state index contributed by atoms with van der Waals surface area (Å²) >= 11 is 1.38. The summed E-state index contributed by atoms with van der Waals surface area (Å²) in [5.74, 6) is -0.335. The zero-order valence-electron chi connectivity index (χ0n) is 18.0. The molecular formula is C22H26N3O3SSi. The van der Waals surface area contributed by atoms with Gasteiger partial charge in [0.1, 0.15) is 10.6 Å².